The fourth-order valence-electron chi connectivity index (χ4n) is 1.36. The Morgan fingerprint density at radius 3 is 2.56 bits per heavy atom. The molecule has 0 bridgehead atoms. The van der Waals surface area contributed by atoms with Gasteiger partial charge in [0.25, 0.3) is 0 Å². The van der Waals surface area contributed by atoms with Gasteiger partial charge in [0.15, 0.2) is 0 Å². The van der Waals surface area contributed by atoms with Crippen LogP contribution < -0.4 is 10.5 Å². The van der Waals surface area contributed by atoms with Crippen LogP contribution >= 0.6 is 15.9 Å². The van der Waals surface area contributed by atoms with Crippen molar-refractivity contribution in [2.45, 2.75) is 17.9 Å². The van der Waals surface area contributed by atoms with Crippen LogP contribution in [0.3, 0.4) is 0 Å². The zero-order valence-corrected chi connectivity index (χ0v) is 13.0. The first-order valence-electron chi connectivity index (χ1n) is 5.35. The molecule has 0 aliphatic carbocycles. The first-order valence-corrected chi connectivity index (χ1v) is 7.59. The van der Waals surface area contributed by atoms with Crippen LogP contribution in [0.4, 0.5) is 0 Å². The molecule has 1 rings (SSSR count). The molecule has 1 aromatic carbocycles. The van der Waals surface area contributed by atoms with E-state index in [1.807, 2.05) is 0 Å². The molecule has 0 radical (unpaired) electrons. The van der Waals surface area contributed by atoms with Crippen LogP contribution in [0.25, 0.3) is 0 Å². The van der Waals surface area contributed by atoms with E-state index in [-0.39, 0.29) is 17.5 Å². The number of benzene rings is 1. The van der Waals surface area contributed by atoms with Gasteiger partial charge in [-0.1, -0.05) is 15.9 Å². The van der Waals surface area contributed by atoms with Gasteiger partial charge in [-0.25, -0.2) is 8.42 Å². The Bertz CT molecular complexity index is 519. The van der Waals surface area contributed by atoms with Gasteiger partial charge < -0.3 is 10.5 Å². The number of ether oxygens (including phenoxy) is 1. The summed E-state index contributed by atoms with van der Waals surface area (Å²) in [5.41, 5.74) is 5.49. The van der Waals surface area contributed by atoms with E-state index in [0.29, 0.717) is 10.2 Å². The number of rotatable bonds is 5. The van der Waals surface area contributed by atoms with E-state index in [4.69, 9.17) is 10.5 Å². The van der Waals surface area contributed by atoms with Gasteiger partial charge in [-0.2, -0.15) is 4.31 Å². The molecule has 18 heavy (non-hydrogen) atoms. The minimum atomic E-state index is -3.56. The number of halogens is 1. The van der Waals surface area contributed by atoms with Gasteiger partial charge in [0.2, 0.25) is 10.0 Å². The molecule has 0 aliphatic heterocycles. The third-order valence-electron chi connectivity index (χ3n) is 2.72. The van der Waals surface area contributed by atoms with E-state index in [9.17, 15) is 8.42 Å². The molecule has 0 fully saturated rings. The van der Waals surface area contributed by atoms with Crippen molar-refractivity contribution in [2.75, 3.05) is 20.7 Å². The molecular weight excluding hydrogens is 320 g/mol. The molecule has 5 nitrogen and oxygen atoms in total. The normalized spacial score (nSPS) is 13.7. The van der Waals surface area contributed by atoms with Crippen molar-refractivity contribution in [3.8, 4) is 5.75 Å². The average Bonchev–Trinajstić information content (AvgIpc) is 2.35. The average molecular weight is 337 g/mol. The summed E-state index contributed by atoms with van der Waals surface area (Å²) in [5, 5.41) is 0. The molecule has 0 amide bonds. The fraction of sp³-hybridized carbons (Fsp3) is 0.455. The number of hydrogen-bond donors (Lipinski definition) is 1. The van der Waals surface area contributed by atoms with Gasteiger partial charge in [-0.05, 0) is 19.1 Å². The summed E-state index contributed by atoms with van der Waals surface area (Å²) in [6.45, 7) is 2.02. The summed E-state index contributed by atoms with van der Waals surface area (Å²) < 4.78 is 31.7. The highest BCUT2D eigenvalue weighted by Crippen LogP contribution is 2.26. The predicted molar refractivity (Wildman–Crippen MR) is 74.2 cm³/mol. The number of methoxy groups -OCH3 is 1. The van der Waals surface area contributed by atoms with Crippen LogP contribution in [0.15, 0.2) is 27.6 Å². The maximum absolute atomic E-state index is 12.3. The quantitative estimate of drug-likeness (QED) is 0.882. The Labute approximate surface area is 116 Å². The third-order valence-corrected chi connectivity index (χ3v) is 5.13. The highest BCUT2D eigenvalue weighted by Gasteiger charge is 2.25. The summed E-state index contributed by atoms with van der Waals surface area (Å²) in [4.78, 5) is 0.177. The summed E-state index contributed by atoms with van der Waals surface area (Å²) >= 11 is 3.26. The van der Waals surface area contributed by atoms with E-state index in [1.165, 1.54) is 30.6 Å². The second-order valence-corrected chi connectivity index (χ2v) is 6.85. The molecule has 1 atom stereocenters. The Morgan fingerprint density at radius 2 is 2.06 bits per heavy atom. The van der Waals surface area contributed by atoms with Gasteiger partial charge >= 0.3 is 0 Å². The topological polar surface area (TPSA) is 72.6 Å². The zero-order valence-electron chi connectivity index (χ0n) is 10.6. The number of nitrogens with two attached hydrogens (primary N) is 1. The molecule has 0 saturated carbocycles. The molecule has 102 valence electrons. The Kier molecular flexibility index (Phi) is 5.15. The van der Waals surface area contributed by atoms with Crippen LogP contribution in [0, 0.1) is 0 Å². The van der Waals surface area contributed by atoms with Crippen LogP contribution in [-0.4, -0.2) is 39.5 Å². The number of likely N-dealkylation sites (N-methyl/N-ethyl adjacent to an activating group) is 1. The van der Waals surface area contributed by atoms with Gasteiger partial charge in [0.05, 0.1) is 12.0 Å². The third kappa shape index (κ3) is 3.23. The van der Waals surface area contributed by atoms with Crippen molar-refractivity contribution in [3.63, 3.8) is 0 Å². The number of hydrogen-bond acceptors (Lipinski definition) is 4. The van der Waals surface area contributed by atoms with E-state index >= 15 is 0 Å². The van der Waals surface area contributed by atoms with Crippen molar-refractivity contribution >= 4 is 26.0 Å². The predicted octanol–water partition coefficient (Wildman–Crippen LogP) is 1.43. The first kappa shape index (κ1) is 15.4. The Morgan fingerprint density at radius 1 is 1.44 bits per heavy atom. The summed E-state index contributed by atoms with van der Waals surface area (Å²) in [6.07, 6.45) is 0. The minimum absolute atomic E-state index is 0.177. The molecule has 0 aromatic heterocycles. The lowest BCUT2D eigenvalue weighted by Gasteiger charge is -2.23. The van der Waals surface area contributed by atoms with Gasteiger partial charge in [-0.3, -0.25) is 0 Å². The molecule has 0 saturated heterocycles. The van der Waals surface area contributed by atoms with Crippen LogP contribution in [-0.2, 0) is 10.0 Å². The highest BCUT2D eigenvalue weighted by molar-refractivity contribution is 9.10. The van der Waals surface area contributed by atoms with Crippen molar-refractivity contribution in [2.24, 2.45) is 5.73 Å². The molecule has 0 aliphatic rings. The van der Waals surface area contributed by atoms with E-state index in [2.05, 4.69) is 15.9 Å². The van der Waals surface area contributed by atoms with E-state index < -0.39 is 10.0 Å². The fourth-order valence-corrected chi connectivity index (χ4v) is 3.41. The molecule has 1 unspecified atom stereocenters. The standard InChI is InChI=1S/C11H17BrN2O3S/c1-8(7-13)14(2)18(15,16)11-5-9(12)4-10(6-11)17-3/h4-6,8H,7,13H2,1-3H3. The molecule has 1 aromatic rings. The number of sulfonamides is 1. The lowest BCUT2D eigenvalue weighted by atomic mass is 10.3. The lowest BCUT2D eigenvalue weighted by molar-refractivity contribution is 0.392. The maximum atomic E-state index is 12.3. The van der Waals surface area contributed by atoms with E-state index in [1.54, 1.807) is 13.0 Å². The van der Waals surface area contributed by atoms with Crippen LogP contribution in [0.1, 0.15) is 6.92 Å². The summed E-state index contributed by atoms with van der Waals surface area (Å²) in [7, 11) is -0.557. The van der Waals surface area contributed by atoms with Crippen molar-refractivity contribution in [3.05, 3.63) is 22.7 Å². The first-order chi connectivity index (χ1) is 8.32. The van der Waals surface area contributed by atoms with Crippen molar-refractivity contribution < 1.29 is 13.2 Å². The van der Waals surface area contributed by atoms with E-state index in [0.717, 1.165) is 0 Å². The largest absolute Gasteiger partial charge is 0.497 e. The van der Waals surface area contributed by atoms with Crippen molar-refractivity contribution in [1.82, 2.24) is 4.31 Å². The molecule has 0 spiro atoms. The minimum Gasteiger partial charge on any atom is -0.497 e. The van der Waals surface area contributed by atoms with Crippen molar-refractivity contribution in [1.29, 1.82) is 0 Å². The monoisotopic (exact) mass is 336 g/mol. The molecule has 7 heteroatoms. The molecule has 0 heterocycles. The second-order valence-electron chi connectivity index (χ2n) is 3.93. The summed E-state index contributed by atoms with van der Waals surface area (Å²) in [5.74, 6) is 0.483. The Balaban J connectivity index is 3.24. The summed E-state index contributed by atoms with van der Waals surface area (Å²) in [6, 6.07) is 4.46. The second kappa shape index (κ2) is 6.01. The zero-order chi connectivity index (χ0) is 13.9. The SMILES string of the molecule is COc1cc(Br)cc(S(=O)(=O)N(C)C(C)CN)c1. The van der Waals surface area contributed by atoms with Gasteiger partial charge in [0.1, 0.15) is 5.75 Å². The smallest absolute Gasteiger partial charge is 0.243 e. The van der Waals surface area contributed by atoms with Gasteiger partial charge in [0, 0.05) is 30.2 Å². The Hall–Kier alpha value is -0.630. The molecular formula is C11H17BrN2O3S. The number of nitrogens with zero attached hydrogens (tertiary/aromatic N) is 1. The van der Waals surface area contributed by atoms with Crippen LogP contribution in [0.5, 0.6) is 5.75 Å². The lowest BCUT2D eigenvalue weighted by Crippen LogP contribution is -2.39. The molecule has 2 N–H and O–H groups in total. The maximum Gasteiger partial charge on any atom is 0.243 e. The van der Waals surface area contributed by atoms with Crippen LogP contribution in [0.2, 0.25) is 0 Å². The van der Waals surface area contributed by atoms with Gasteiger partial charge in [-0.15, -0.1) is 0 Å². The highest BCUT2D eigenvalue weighted by atomic mass is 79.9.